The number of aliphatic hydroxyl groups is 2. The number of halogens is 6. The van der Waals surface area contributed by atoms with E-state index in [0.717, 1.165) is 12.1 Å². The molecular formula is C22H28F6O8S2. The summed E-state index contributed by atoms with van der Waals surface area (Å²) in [6.07, 6.45) is -7.55. The second kappa shape index (κ2) is 14.8. The van der Waals surface area contributed by atoms with Crippen molar-refractivity contribution in [2.75, 3.05) is 25.7 Å². The van der Waals surface area contributed by atoms with Crippen molar-refractivity contribution < 1.29 is 62.5 Å². The van der Waals surface area contributed by atoms with Gasteiger partial charge >= 0.3 is 12.4 Å². The highest BCUT2D eigenvalue weighted by atomic mass is 32.2. The molecule has 38 heavy (non-hydrogen) atoms. The number of rotatable bonds is 7. The summed E-state index contributed by atoms with van der Waals surface area (Å²) in [6.45, 7) is -0.521. The molecule has 218 valence electrons. The molecule has 0 heterocycles. The third kappa shape index (κ3) is 15.9. The van der Waals surface area contributed by atoms with E-state index in [4.69, 9.17) is 19.3 Å². The quantitative estimate of drug-likeness (QED) is 0.273. The van der Waals surface area contributed by atoms with E-state index in [0.29, 0.717) is 12.5 Å². The maximum atomic E-state index is 13.4. The van der Waals surface area contributed by atoms with Crippen molar-refractivity contribution in [1.82, 2.24) is 0 Å². The first-order chi connectivity index (χ1) is 17.1. The third-order valence-corrected chi connectivity index (χ3v) is 4.37. The molecule has 0 atom stereocenters. The molecule has 0 aliphatic heterocycles. The highest BCUT2D eigenvalue weighted by molar-refractivity contribution is 7.85. The van der Waals surface area contributed by atoms with E-state index in [9.17, 15) is 43.2 Å². The number of alkyl halides is 6. The van der Waals surface area contributed by atoms with Gasteiger partial charge in [0, 0.05) is 13.2 Å². The molecule has 2 aromatic carbocycles. The van der Waals surface area contributed by atoms with Gasteiger partial charge < -0.3 is 10.2 Å². The van der Waals surface area contributed by atoms with Crippen LogP contribution in [-0.4, -0.2) is 61.9 Å². The van der Waals surface area contributed by atoms with Gasteiger partial charge in [0.1, 0.15) is 0 Å². The van der Waals surface area contributed by atoms with Crippen LogP contribution in [0.15, 0.2) is 36.4 Å². The second-order valence-electron chi connectivity index (χ2n) is 7.86. The summed E-state index contributed by atoms with van der Waals surface area (Å²) < 4.78 is 132. The van der Waals surface area contributed by atoms with Crippen molar-refractivity contribution >= 4 is 20.2 Å². The maximum absolute atomic E-state index is 13.4. The minimum absolute atomic E-state index is 0.0130. The molecule has 0 amide bonds. The normalized spacial score (nSPS) is 12.2. The van der Waals surface area contributed by atoms with Crippen molar-refractivity contribution in [1.29, 1.82) is 0 Å². The van der Waals surface area contributed by atoms with Crippen LogP contribution in [0.5, 0.6) is 0 Å². The molecule has 16 heteroatoms. The lowest BCUT2D eigenvalue weighted by molar-refractivity contribution is -0.139. The van der Waals surface area contributed by atoms with Gasteiger partial charge in [0.05, 0.1) is 23.6 Å². The topological polar surface area (TPSA) is 149 Å². The van der Waals surface area contributed by atoms with E-state index in [2.05, 4.69) is 0 Å². The number of aliphatic hydroxyl groups excluding tert-OH is 2. The molecule has 0 bridgehead atoms. The van der Waals surface area contributed by atoms with E-state index < -0.39 is 43.7 Å². The van der Waals surface area contributed by atoms with Crippen LogP contribution in [0.3, 0.4) is 0 Å². The highest BCUT2D eigenvalue weighted by Gasteiger charge is 2.35. The Bertz CT molecular complexity index is 1130. The van der Waals surface area contributed by atoms with Crippen LogP contribution in [-0.2, 0) is 45.4 Å². The Kier molecular flexibility index (Phi) is 13.9. The lowest BCUT2D eigenvalue weighted by Crippen LogP contribution is -2.11. The summed E-state index contributed by atoms with van der Waals surface area (Å²) >= 11 is 0. The lowest BCUT2D eigenvalue weighted by Gasteiger charge is -2.17. The third-order valence-electron chi connectivity index (χ3n) is 4.37. The molecule has 0 spiro atoms. The monoisotopic (exact) mass is 598 g/mol. The summed E-state index contributed by atoms with van der Waals surface area (Å²) in [5.41, 5.74) is -1.81. The van der Waals surface area contributed by atoms with Gasteiger partial charge in [0.15, 0.2) is 0 Å². The van der Waals surface area contributed by atoms with Crippen molar-refractivity contribution in [2.45, 2.75) is 38.0 Å². The van der Waals surface area contributed by atoms with E-state index >= 15 is 0 Å². The summed E-state index contributed by atoms with van der Waals surface area (Å²) in [5, 5.41) is 17.7. The van der Waals surface area contributed by atoms with Crippen LogP contribution in [0.2, 0.25) is 0 Å². The van der Waals surface area contributed by atoms with Crippen LogP contribution < -0.4 is 0 Å². The largest absolute Gasteiger partial charge is 0.416 e. The zero-order valence-corrected chi connectivity index (χ0v) is 21.8. The summed E-state index contributed by atoms with van der Waals surface area (Å²) in [4.78, 5) is 0. The Morgan fingerprint density at radius 2 is 0.895 bits per heavy atom. The Morgan fingerprint density at radius 1 is 0.632 bits per heavy atom. The van der Waals surface area contributed by atoms with Crippen molar-refractivity contribution in [3.8, 4) is 11.1 Å². The fourth-order valence-electron chi connectivity index (χ4n) is 3.01. The number of aryl methyl sites for hydroxylation is 2. The van der Waals surface area contributed by atoms with Crippen LogP contribution >= 0.6 is 0 Å². The smallest absolute Gasteiger partial charge is 0.396 e. The Morgan fingerprint density at radius 3 is 1.11 bits per heavy atom. The van der Waals surface area contributed by atoms with Crippen LogP contribution in [0.4, 0.5) is 26.3 Å². The van der Waals surface area contributed by atoms with E-state index in [-0.39, 0.29) is 61.2 Å². The first-order valence-electron chi connectivity index (χ1n) is 10.5. The fourth-order valence-corrected chi connectivity index (χ4v) is 3.01. The molecule has 0 aliphatic rings. The zero-order chi connectivity index (χ0) is 29.9. The first kappa shape index (κ1) is 35.8. The Hall–Kier alpha value is -2.24. The summed E-state index contributed by atoms with van der Waals surface area (Å²) in [7, 11) is -7.33. The highest BCUT2D eigenvalue weighted by Crippen LogP contribution is 2.38. The van der Waals surface area contributed by atoms with Crippen molar-refractivity contribution in [2.24, 2.45) is 0 Å². The summed E-state index contributed by atoms with van der Waals surface area (Å²) in [5.74, 6) is 0. The summed E-state index contributed by atoms with van der Waals surface area (Å²) in [6, 6.07) is 6.86. The van der Waals surface area contributed by atoms with Crippen LogP contribution in [0.1, 0.15) is 35.1 Å². The van der Waals surface area contributed by atoms with Crippen LogP contribution in [0.25, 0.3) is 11.1 Å². The van der Waals surface area contributed by atoms with Gasteiger partial charge in [-0.15, -0.1) is 0 Å². The predicted molar refractivity (Wildman–Crippen MR) is 128 cm³/mol. The predicted octanol–water partition coefficient (Wildman–Crippen LogP) is 4.25. The number of hydrogen-bond acceptors (Lipinski definition) is 6. The number of benzene rings is 2. The van der Waals surface area contributed by atoms with Gasteiger partial charge in [-0.1, -0.05) is 24.3 Å². The maximum Gasteiger partial charge on any atom is 0.416 e. The standard InChI is InChI=1S/C20H20F6O2.2CH4O3S/c21-19(22,23)17-11-15(7-5-13(17)3-1-9-27)16-8-6-14(4-2-10-28)18(12-16)20(24,25)26;2*1-5(2,3)4/h5-8,11-12,27-28H,1-4,9-10H2;2*1H3,(H,2,3,4). The van der Waals surface area contributed by atoms with E-state index in [1.807, 2.05) is 0 Å². The van der Waals surface area contributed by atoms with Gasteiger partial charge in [0.2, 0.25) is 0 Å². The van der Waals surface area contributed by atoms with Gasteiger partial charge in [-0.2, -0.15) is 43.2 Å². The molecule has 0 saturated heterocycles. The van der Waals surface area contributed by atoms with Crippen molar-refractivity contribution in [3.05, 3.63) is 58.7 Å². The molecule has 0 aromatic heterocycles. The first-order valence-corrected chi connectivity index (χ1v) is 14.2. The van der Waals surface area contributed by atoms with Gasteiger partial charge in [-0.25, -0.2) is 0 Å². The molecule has 0 fully saturated rings. The van der Waals surface area contributed by atoms with E-state index in [1.54, 1.807) is 0 Å². The van der Waals surface area contributed by atoms with Gasteiger partial charge in [-0.3, -0.25) is 9.11 Å². The average molecular weight is 599 g/mol. The van der Waals surface area contributed by atoms with Crippen molar-refractivity contribution in [3.63, 3.8) is 0 Å². The molecule has 0 unspecified atom stereocenters. The average Bonchev–Trinajstić information content (AvgIpc) is 2.72. The molecule has 4 N–H and O–H groups in total. The Balaban J connectivity index is 0.00000116. The SMILES string of the molecule is CS(=O)(=O)O.CS(=O)(=O)O.OCCCc1ccc(-c2ccc(CCCO)c(C(F)(F)F)c2)cc1C(F)(F)F. The van der Waals surface area contributed by atoms with Crippen LogP contribution in [0, 0.1) is 0 Å². The van der Waals surface area contributed by atoms with E-state index in [1.165, 1.54) is 24.3 Å². The fraction of sp³-hybridized carbons (Fsp3) is 0.455. The lowest BCUT2D eigenvalue weighted by atomic mass is 9.93. The van der Waals surface area contributed by atoms with Gasteiger partial charge in [-0.05, 0) is 60.1 Å². The molecule has 2 rings (SSSR count). The Labute approximate surface area is 216 Å². The number of hydrogen-bond donors (Lipinski definition) is 4. The molecular weight excluding hydrogens is 570 g/mol. The molecule has 0 aliphatic carbocycles. The zero-order valence-electron chi connectivity index (χ0n) is 20.2. The minimum atomic E-state index is -4.66. The molecule has 0 saturated carbocycles. The molecule has 0 radical (unpaired) electrons. The second-order valence-corrected chi connectivity index (χ2v) is 10.8. The molecule has 2 aromatic rings. The minimum Gasteiger partial charge on any atom is -0.396 e. The van der Waals surface area contributed by atoms with Gasteiger partial charge in [0.25, 0.3) is 20.2 Å². The molecule has 8 nitrogen and oxygen atoms in total.